The van der Waals surface area contributed by atoms with Crippen molar-refractivity contribution < 1.29 is 14.3 Å². The minimum Gasteiger partial charge on any atom is -0.490 e. The molecule has 4 rings (SSSR count). The van der Waals surface area contributed by atoms with E-state index in [1.165, 1.54) is 6.33 Å². The second kappa shape index (κ2) is 9.86. The summed E-state index contributed by atoms with van der Waals surface area (Å²) >= 11 is 0. The van der Waals surface area contributed by atoms with Gasteiger partial charge in [-0.2, -0.15) is 0 Å². The summed E-state index contributed by atoms with van der Waals surface area (Å²) in [5.41, 5.74) is 2.69. The molecule has 2 N–H and O–H groups in total. The van der Waals surface area contributed by atoms with Gasteiger partial charge in [0.15, 0.2) is 18.1 Å². The second-order valence-corrected chi connectivity index (χ2v) is 8.09. The maximum absolute atomic E-state index is 12.6. The molecular formula is C23H30N6O3. The highest BCUT2D eigenvalue weighted by molar-refractivity contribution is 5.92. The molecular weight excluding hydrogens is 408 g/mol. The van der Waals surface area contributed by atoms with E-state index < -0.39 is 0 Å². The van der Waals surface area contributed by atoms with Gasteiger partial charge in [-0.3, -0.25) is 4.79 Å². The molecule has 0 unspecified atom stereocenters. The quantitative estimate of drug-likeness (QED) is 0.648. The number of hydrogen-bond donors (Lipinski definition) is 2. The topological polar surface area (TPSA) is 95.6 Å². The Balaban J connectivity index is 1.72. The van der Waals surface area contributed by atoms with Gasteiger partial charge in [-0.1, -0.05) is 6.92 Å². The Morgan fingerprint density at radius 1 is 1.22 bits per heavy atom. The molecule has 0 radical (unpaired) electrons. The molecule has 1 aromatic carbocycles. The standard InChI is InChI=1S/C23H30N6O3/c1-4-10-31-18-7-6-17-11-19(18)32-14-20(30)29(3)9-5-8-28(2)13-16-12-24-22-21(16)23(27-17)26-15-25-22/h6-7,11-12,15H,4-5,8-10,13-14H2,1-3H3,(H2,24,25,26,27). The summed E-state index contributed by atoms with van der Waals surface area (Å²) in [7, 11) is 3.88. The average Bonchev–Trinajstić information content (AvgIpc) is 3.19. The highest BCUT2D eigenvalue weighted by Gasteiger charge is 2.17. The van der Waals surface area contributed by atoms with Crippen molar-refractivity contribution in [3.05, 3.63) is 36.3 Å². The van der Waals surface area contributed by atoms with Crippen LogP contribution >= 0.6 is 0 Å². The lowest BCUT2D eigenvalue weighted by Gasteiger charge is -2.22. The van der Waals surface area contributed by atoms with E-state index >= 15 is 0 Å². The minimum atomic E-state index is -0.0648. The van der Waals surface area contributed by atoms with Crippen LogP contribution in [-0.4, -0.2) is 71.1 Å². The Hall–Kier alpha value is -3.33. The number of amides is 1. The van der Waals surface area contributed by atoms with Crippen LogP contribution in [0.3, 0.4) is 0 Å². The fourth-order valence-corrected chi connectivity index (χ4v) is 3.73. The molecule has 0 fully saturated rings. The molecule has 1 amide bonds. The van der Waals surface area contributed by atoms with Gasteiger partial charge in [0.05, 0.1) is 12.0 Å². The smallest absolute Gasteiger partial charge is 0.260 e. The number of rotatable bonds is 3. The number of nitrogens with zero attached hydrogens (tertiary/aromatic N) is 4. The Morgan fingerprint density at radius 2 is 2.09 bits per heavy atom. The normalized spacial score (nSPS) is 16.0. The number of nitrogens with one attached hydrogen (secondary N) is 2. The van der Waals surface area contributed by atoms with E-state index in [2.05, 4.69) is 32.2 Å². The number of aromatic nitrogens is 3. The molecule has 0 saturated carbocycles. The molecule has 3 heterocycles. The van der Waals surface area contributed by atoms with Crippen molar-refractivity contribution in [2.45, 2.75) is 26.3 Å². The van der Waals surface area contributed by atoms with Gasteiger partial charge in [-0.05, 0) is 44.1 Å². The fourth-order valence-electron chi connectivity index (χ4n) is 3.73. The molecule has 2 aromatic heterocycles. The zero-order chi connectivity index (χ0) is 22.5. The molecule has 1 aliphatic heterocycles. The second-order valence-electron chi connectivity index (χ2n) is 8.09. The molecule has 1 aliphatic rings. The number of H-pyrrole nitrogens is 1. The first-order valence-corrected chi connectivity index (χ1v) is 10.9. The zero-order valence-corrected chi connectivity index (χ0v) is 18.9. The molecule has 0 spiro atoms. The van der Waals surface area contributed by atoms with Crippen LogP contribution in [0.15, 0.2) is 30.7 Å². The molecule has 2 bridgehead atoms. The largest absolute Gasteiger partial charge is 0.490 e. The molecule has 32 heavy (non-hydrogen) atoms. The highest BCUT2D eigenvalue weighted by Crippen LogP contribution is 2.33. The maximum Gasteiger partial charge on any atom is 0.260 e. The Bertz CT molecular complexity index is 1080. The number of anilines is 2. The van der Waals surface area contributed by atoms with E-state index in [1.807, 2.05) is 38.4 Å². The maximum atomic E-state index is 12.6. The number of fused-ring (bicyclic) bond motifs is 2. The monoisotopic (exact) mass is 438 g/mol. The number of carbonyl (C=O) groups is 1. The molecule has 9 heteroatoms. The highest BCUT2D eigenvalue weighted by atomic mass is 16.5. The first kappa shape index (κ1) is 21.9. The van der Waals surface area contributed by atoms with Gasteiger partial charge in [0, 0.05) is 38.1 Å². The van der Waals surface area contributed by atoms with Crippen LogP contribution in [0, 0.1) is 0 Å². The molecule has 9 nitrogen and oxygen atoms in total. The van der Waals surface area contributed by atoms with E-state index in [1.54, 1.807) is 4.90 Å². The Labute approximate surface area is 187 Å². The average molecular weight is 439 g/mol. The van der Waals surface area contributed by atoms with Gasteiger partial charge in [0.25, 0.3) is 5.91 Å². The van der Waals surface area contributed by atoms with Gasteiger partial charge in [-0.25, -0.2) is 9.97 Å². The first-order valence-electron chi connectivity index (χ1n) is 10.9. The molecule has 170 valence electrons. The first-order chi connectivity index (χ1) is 15.5. The van der Waals surface area contributed by atoms with Crippen molar-refractivity contribution in [2.24, 2.45) is 0 Å². The van der Waals surface area contributed by atoms with Crippen molar-refractivity contribution in [2.75, 3.05) is 45.7 Å². The SMILES string of the molecule is CCCOc1ccc2cc1OCC(=O)N(C)CCCN(C)Cc1c[nH]c3ncnc(c13)N2. The predicted molar refractivity (Wildman–Crippen MR) is 123 cm³/mol. The summed E-state index contributed by atoms with van der Waals surface area (Å²) in [5, 5.41) is 4.36. The summed E-state index contributed by atoms with van der Waals surface area (Å²) < 4.78 is 11.7. The lowest BCUT2D eigenvalue weighted by Crippen LogP contribution is -2.33. The number of ether oxygens (including phenoxy) is 2. The summed E-state index contributed by atoms with van der Waals surface area (Å²) in [6.07, 6.45) is 5.27. The van der Waals surface area contributed by atoms with E-state index in [4.69, 9.17) is 9.47 Å². The van der Waals surface area contributed by atoms with E-state index in [0.29, 0.717) is 24.7 Å². The fraction of sp³-hybridized carbons (Fsp3) is 0.435. The molecule has 0 aliphatic carbocycles. The molecule has 0 saturated heterocycles. The number of likely N-dealkylation sites (N-methyl/N-ethyl adjacent to an activating group) is 1. The third-order valence-electron chi connectivity index (χ3n) is 5.47. The van der Waals surface area contributed by atoms with Crippen LogP contribution in [0.2, 0.25) is 0 Å². The van der Waals surface area contributed by atoms with E-state index in [-0.39, 0.29) is 12.5 Å². The van der Waals surface area contributed by atoms with Crippen LogP contribution < -0.4 is 14.8 Å². The number of hydrogen-bond acceptors (Lipinski definition) is 7. The van der Waals surface area contributed by atoms with Crippen LogP contribution in [0.4, 0.5) is 11.5 Å². The Kier molecular flexibility index (Phi) is 6.75. The minimum absolute atomic E-state index is 0.0437. The van der Waals surface area contributed by atoms with Gasteiger partial charge in [0.1, 0.15) is 17.8 Å². The van der Waals surface area contributed by atoms with Crippen LogP contribution in [0.5, 0.6) is 11.5 Å². The van der Waals surface area contributed by atoms with Crippen molar-refractivity contribution in [3.8, 4) is 11.5 Å². The van der Waals surface area contributed by atoms with Crippen molar-refractivity contribution in [1.29, 1.82) is 0 Å². The third-order valence-corrected chi connectivity index (χ3v) is 5.47. The summed E-state index contributed by atoms with van der Waals surface area (Å²) in [6.45, 7) is 4.84. The van der Waals surface area contributed by atoms with Gasteiger partial charge in [-0.15, -0.1) is 0 Å². The van der Waals surface area contributed by atoms with Gasteiger partial charge in [0.2, 0.25) is 0 Å². The van der Waals surface area contributed by atoms with E-state index in [9.17, 15) is 4.79 Å². The summed E-state index contributed by atoms with van der Waals surface area (Å²) in [6, 6.07) is 5.62. The zero-order valence-electron chi connectivity index (χ0n) is 18.9. The van der Waals surface area contributed by atoms with Crippen LogP contribution in [0.25, 0.3) is 11.0 Å². The number of carbonyl (C=O) groups excluding carboxylic acids is 1. The number of aromatic amines is 1. The van der Waals surface area contributed by atoms with Crippen molar-refractivity contribution in [1.82, 2.24) is 24.8 Å². The van der Waals surface area contributed by atoms with Crippen molar-refractivity contribution in [3.63, 3.8) is 0 Å². The number of benzene rings is 1. The third kappa shape index (κ3) is 4.94. The lowest BCUT2D eigenvalue weighted by atomic mass is 10.2. The summed E-state index contributed by atoms with van der Waals surface area (Å²) in [4.78, 5) is 28.6. The van der Waals surface area contributed by atoms with Crippen LogP contribution in [0.1, 0.15) is 25.3 Å². The molecule has 0 atom stereocenters. The Morgan fingerprint density at radius 3 is 2.94 bits per heavy atom. The predicted octanol–water partition coefficient (Wildman–Crippen LogP) is 3.16. The van der Waals surface area contributed by atoms with Crippen molar-refractivity contribution >= 4 is 28.4 Å². The van der Waals surface area contributed by atoms with Gasteiger partial charge < -0.3 is 29.6 Å². The summed E-state index contributed by atoms with van der Waals surface area (Å²) in [5.74, 6) is 1.79. The van der Waals surface area contributed by atoms with Gasteiger partial charge >= 0.3 is 0 Å². The van der Waals surface area contributed by atoms with E-state index in [0.717, 1.165) is 54.0 Å². The lowest BCUT2D eigenvalue weighted by molar-refractivity contribution is -0.132. The molecule has 3 aromatic rings. The van der Waals surface area contributed by atoms with Crippen LogP contribution in [-0.2, 0) is 11.3 Å².